The molecule has 1 aromatic carbocycles. The molecule has 0 aliphatic rings. The lowest BCUT2D eigenvalue weighted by Gasteiger charge is -2.14. The van der Waals surface area contributed by atoms with Crippen molar-refractivity contribution >= 4 is 10.8 Å². The minimum atomic E-state index is -0.183. The van der Waals surface area contributed by atoms with Crippen molar-refractivity contribution in [3.05, 3.63) is 59.7 Å². The van der Waals surface area contributed by atoms with Gasteiger partial charge in [0.05, 0.1) is 17.4 Å². The molecule has 0 amide bonds. The normalized spacial score (nSPS) is 12.8. The van der Waals surface area contributed by atoms with E-state index in [9.17, 15) is 0 Å². The molecule has 3 rings (SSSR count). The third kappa shape index (κ3) is 2.00. The predicted molar refractivity (Wildman–Crippen MR) is 75.7 cm³/mol. The number of pyridine rings is 1. The molecule has 2 N–H and O–H groups in total. The van der Waals surface area contributed by atoms with Crippen LogP contribution in [0.4, 0.5) is 0 Å². The number of hydrogen-bond acceptors (Lipinski definition) is 3. The highest BCUT2D eigenvalue weighted by atomic mass is 15.3. The molecule has 0 bridgehead atoms. The minimum Gasteiger partial charge on any atom is -0.319 e. The summed E-state index contributed by atoms with van der Waals surface area (Å²) >= 11 is 0. The molecule has 0 spiro atoms. The lowest BCUT2D eigenvalue weighted by atomic mass is 9.98. The monoisotopic (exact) mass is 252 g/mol. The molecule has 2 aromatic heterocycles. The molecule has 2 heterocycles. The highest BCUT2D eigenvalue weighted by molar-refractivity contribution is 5.85. The quantitative estimate of drug-likeness (QED) is 0.761. The fourth-order valence-electron chi connectivity index (χ4n) is 2.50. The van der Waals surface area contributed by atoms with Gasteiger partial charge in [0.1, 0.15) is 0 Å². The molecule has 0 saturated carbocycles. The van der Waals surface area contributed by atoms with Crippen LogP contribution < -0.4 is 5.73 Å². The van der Waals surface area contributed by atoms with Gasteiger partial charge in [0.15, 0.2) is 0 Å². The lowest BCUT2D eigenvalue weighted by Crippen LogP contribution is -2.16. The maximum atomic E-state index is 6.42. The van der Waals surface area contributed by atoms with E-state index in [-0.39, 0.29) is 6.04 Å². The van der Waals surface area contributed by atoms with Gasteiger partial charge in [-0.15, -0.1) is 0 Å². The van der Waals surface area contributed by atoms with Crippen molar-refractivity contribution in [3.8, 4) is 0 Å². The van der Waals surface area contributed by atoms with Gasteiger partial charge < -0.3 is 5.73 Å². The van der Waals surface area contributed by atoms with Crippen molar-refractivity contribution in [3.63, 3.8) is 0 Å². The zero-order chi connectivity index (χ0) is 13.4. The van der Waals surface area contributed by atoms with E-state index in [1.165, 1.54) is 0 Å². The fourth-order valence-corrected chi connectivity index (χ4v) is 2.50. The molecular formula is C15H16N4. The maximum Gasteiger partial charge on any atom is 0.0729 e. The second-order valence-corrected chi connectivity index (χ2v) is 4.76. The van der Waals surface area contributed by atoms with Gasteiger partial charge in [-0.3, -0.25) is 9.67 Å². The first kappa shape index (κ1) is 11.9. The van der Waals surface area contributed by atoms with E-state index >= 15 is 0 Å². The molecule has 3 aromatic rings. The van der Waals surface area contributed by atoms with Gasteiger partial charge in [-0.05, 0) is 30.0 Å². The van der Waals surface area contributed by atoms with E-state index in [1.807, 2.05) is 49.1 Å². The van der Waals surface area contributed by atoms with Gasteiger partial charge in [-0.25, -0.2) is 0 Å². The molecule has 1 unspecified atom stereocenters. The standard InChI is InChI=1S/C15H16N4/c1-10-8-14(19(2)18-10)15(16)13-5-3-4-11-9-17-7-6-12(11)13/h3-9,15H,16H2,1-2H3. The molecule has 19 heavy (non-hydrogen) atoms. The van der Waals surface area contributed by atoms with Crippen molar-refractivity contribution in [2.75, 3.05) is 0 Å². The molecule has 0 radical (unpaired) electrons. The molecule has 4 nitrogen and oxygen atoms in total. The largest absolute Gasteiger partial charge is 0.319 e. The molecule has 0 fully saturated rings. The first-order chi connectivity index (χ1) is 9.16. The second kappa shape index (κ2) is 4.48. The summed E-state index contributed by atoms with van der Waals surface area (Å²) in [5.74, 6) is 0. The Morgan fingerprint density at radius 2 is 2.11 bits per heavy atom. The van der Waals surface area contributed by atoms with Crippen LogP contribution in [0.15, 0.2) is 42.7 Å². The van der Waals surface area contributed by atoms with Crippen LogP contribution in [0.3, 0.4) is 0 Å². The van der Waals surface area contributed by atoms with Crippen molar-refractivity contribution in [1.29, 1.82) is 0 Å². The molecule has 0 aliphatic heterocycles. The summed E-state index contributed by atoms with van der Waals surface area (Å²) in [7, 11) is 1.93. The number of nitrogens with zero attached hydrogens (tertiary/aromatic N) is 3. The van der Waals surface area contributed by atoms with E-state index in [1.54, 1.807) is 6.20 Å². The topological polar surface area (TPSA) is 56.7 Å². The Labute approximate surface area is 111 Å². The van der Waals surface area contributed by atoms with E-state index in [4.69, 9.17) is 5.73 Å². The van der Waals surface area contributed by atoms with Crippen LogP contribution in [0.1, 0.15) is 23.0 Å². The first-order valence-corrected chi connectivity index (χ1v) is 6.25. The zero-order valence-corrected chi connectivity index (χ0v) is 11.0. The smallest absolute Gasteiger partial charge is 0.0729 e. The average molecular weight is 252 g/mol. The Balaban J connectivity index is 2.16. The number of benzene rings is 1. The minimum absolute atomic E-state index is 0.183. The number of aromatic nitrogens is 3. The summed E-state index contributed by atoms with van der Waals surface area (Å²) in [6.07, 6.45) is 3.66. The third-order valence-corrected chi connectivity index (χ3v) is 3.41. The van der Waals surface area contributed by atoms with Gasteiger partial charge in [0, 0.05) is 24.8 Å². The maximum absolute atomic E-state index is 6.42. The molecular weight excluding hydrogens is 236 g/mol. The predicted octanol–water partition coefficient (Wildman–Crippen LogP) is 2.32. The summed E-state index contributed by atoms with van der Waals surface area (Å²) in [6, 6.07) is 9.99. The summed E-state index contributed by atoms with van der Waals surface area (Å²) in [6.45, 7) is 1.98. The first-order valence-electron chi connectivity index (χ1n) is 6.25. The molecule has 0 saturated heterocycles. The van der Waals surface area contributed by atoms with Gasteiger partial charge in [0.25, 0.3) is 0 Å². The number of rotatable bonds is 2. The van der Waals surface area contributed by atoms with E-state index < -0.39 is 0 Å². The third-order valence-electron chi connectivity index (χ3n) is 3.41. The second-order valence-electron chi connectivity index (χ2n) is 4.76. The molecule has 1 atom stereocenters. The van der Waals surface area contributed by atoms with Crippen LogP contribution in [-0.4, -0.2) is 14.8 Å². The molecule has 96 valence electrons. The van der Waals surface area contributed by atoms with Crippen molar-refractivity contribution < 1.29 is 0 Å². The van der Waals surface area contributed by atoms with Crippen molar-refractivity contribution in [2.24, 2.45) is 12.8 Å². The average Bonchev–Trinajstić information content (AvgIpc) is 2.76. The van der Waals surface area contributed by atoms with Gasteiger partial charge in [0.2, 0.25) is 0 Å². The Morgan fingerprint density at radius 1 is 1.26 bits per heavy atom. The van der Waals surface area contributed by atoms with Crippen LogP contribution in [0.5, 0.6) is 0 Å². The highest BCUT2D eigenvalue weighted by Gasteiger charge is 2.16. The van der Waals surface area contributed by atoms with Crippen LogP contribution >= 0.6 is 0 Å². The van der Waals surface area contributed by atoms with Crippen LogP contribution in [0, 0.1) is 6.92 Å². The highest BCUT2D eigenvalue weighted by Crippen LogP contribution is 2.26. The fraction of sp³-hybridized carbons (Fsp3) is 0.200. The van der Waals surface area contributed by atoms with E-state index in [2.05, 4.69) is 16.1 Å². The zero-order valence-electron chi connectivity index (χ0n) is 11.0. The van der Waals surface area contributed by atoms with E-state index in [0.29, 0.717) is 0 Å². The van der Waals surface area contributed by atoms with Crippen LogP contribution in [0.25, 0.3) is 10.8 Å². The van der Waals surface area contributed by atoms with Gasteiger partial charge in [-0.1, -0.05) is 18.2 Å². The van der Waals surface area contributed by atoms with Crippen molar-refractivity contribution in [2.45, 2.75) is 13.0 Å². The summed E-state index contributed by atoms with van der Waals surface area (Å²) < 4.78 is 1.85. The Morgan fingerprint density at radius 3 is 2.84 bits per heavy atom. The SMILES string of the molecule is Cc1cc(C(N)c2cccc3cnccc23)n(C)n1. The number of nitrogens with two attached hydrogens (primary N) is 1. The summed E-state index contributed by atoms with van der Waals surface area (Å²) in [5, 5.41) is 6.61. The van der Waals surface area contributed by atoms with Crippen molar-refractivity contribution in [1.82, 2.24) is 14.8 Å². The van der Waals surface area contributed by atoms with Crippen LogP contribution in [-0.2, 0) is 7.05 Å². The Hall–Kier alpha value is -2.20. The van der Waals surface area contributed by atoms with E-state index in [0.717, 1.165) is 27.7 Å². The number of fused-ring (bicyclic) bond motifs is 1. The van der Waals surface area contributed by atoms with Crippen LogP contribution in [0.2, 0.25) is 0 Å². The lowest BCUT2D eigenvalue weighted by molar-refractivity contribution is 0.671. The van der Waals surface area contributed by atoms with Gasteiger partial charge >= 0.3 is 0 Å². The Kier molecular flexibility index (Phi) is 2.80. The number of aryl methyl sites for hydroxylation is 2. The number of hydrogen-bond donors (Lipinski definition) is 1. The molecule has 4 heteroatoms. The Bertz CT molecular complexity index is 725. The molecule has 0 aliphatic carbocycles. The summed E-state index contributed by atoms with van der Waals surface area (Å²) in [5.41, 5.74) is 9.51. The van der Waals surface area contributed by atoms with Gasteiger partial charge in [-0.2, -0.15) is 5.10 Å². The summed E-state index contributed by atoms with van der Waals surface area (Å²) in [4.78, 5) is 4.15.